The first kappa shape index (κ1) is 13.5. The first-order chi connectivity index (χ1) is 9.10. The van der Waals surface area contributed by atoms with Crippen LogP contribution in [0.15, 0.2) is 23.8 Å². The van der Waals surface area contributed by atoms with Crippen molar-refractivity contribution in [1.82, 2.24) is 4.98 Å². The van der Waals surface area contributed by atoms with Crippen molar-refractivity contribution < 1.29 is 14.6 Å². The van der Waals surface area contributed by atoms with E-state index in [1.54, 1.807) is 19.2 Å². The third kappa shape index (κ3) is 3.32. The highest BCUT2D eigenvalue weighted by Crippen LogP contribution is 2.20. The number of methoxy groups -OCH3 is 1. The maximum absolute atomic E-state index is 11.1. The molecule has 1 aliphatic heterocycles. The van der Waals surface area contributed by atoms with Gasteiger partial charge in [0.25, 0.3) is 0 Å². The van der Waals surface area contributed by atoms with Crippen LogP contribution in [0.1, 0.15) is 22.5 Å². The number of nitrogens with zero attached hydrogens (tertiary/aromatic N) is 2. The average molecular weight is 262 g/mol. The lowest BCUT2D eigenvalue weighted by atomic mass is 10.1. The number of hydrogen-bond acceptors (Lipinski definition) is 4. The van der Waals surface area contributed by atoms with Crippen LogP contribution in [0.25, 0.3) is 0 Å². The van der Waals surface area contributed by atoms with Crippen LogP contribution < -0.4 is 4.90 Å². The minimum absolute atomic E-state index is 0.286. The Morgan fingerprint density at radius 2 is 2.32 bits per heavy atom. The quantitative estimate of drug-likeness (QED) is 0.839. The molecule has 1 aromatic rings. The molecule has 5 nitrogen and oxygen atoms in total. The zero-order valence-electron chi connectivity index (χ0n) is 11.2. The van der Waals surface area contributed by atoms with Gasteiger partial charge in [0.2, 0.25) is 0 Å². The number of aromatic carboxylic acids is 1. The topological polar surface area (TPSA) is 62.7 Å². The highest BCUT2D eigenvalue weighted by Gasteiger charge is 2.15. The number of carboxylic acid groups (broad SMARTS) is 1. The van der Waals surface area contributed by atoms with Gasteiger partial charge in [-0.25, -0.2) is 9.78 Å². The normalized spacial score (nSPS) is 15.3. The summed E-state index contributed by atoms with van der Waals surface area (Å²) in [6, 6.07) is 3.21. The van der Waals surface area contributed by atoms with E-state index in [0.29, 0.717) is 6.61 Å². The van der Waals surface area contributed by atoms with E-state index in [-0.39, 0.29) is 5.56 Å². The number of hydrogen-bond donors (Lipinski definition) is 1. The van der Waals surface area contributed by atoms with Crippen molar-refractivity contribution in [2.45, 2.75) is 13.3 Å². The van der Waals surface area contributed by atoms with E-state index in [0.717, 1.165) is 31.0 Å². The molecule has 0 bridgehead atoms. The molecule has 2 heterocycles. The molecule has 0 saturated heterocycles. The minimum atomic E-state index is -0.917. The van der Waals surface area contributed by atoms with Gasteiger partial charge in [-0.2, -0.15) is 0 Å². The Balaban J connectivity index is 2.17. The molecule has 5 heteroatoms. The van der Waals surface area contributed by atoms with Crippen LogP contribution in [0.4, 0.5) is 5.82 Å². The van der Waals surface area contributed by atoms with Crippen molar-refractivity contribution in [3.63, 3.8) is 0 Å². The van der Waals surface area contributed by atoms with Crippen LogP contribution in [-0.2, 0) is 4.74 Å². The predicted molar refractivity (Wildman–Crippen MR) is 72.7 cm³/mol. The lowest BCUT2D eigenvalue weighted by molar-refractivity contribution is 0.0696. The Labute approximate surface area is 112 Å². The molecule has 0 radical (unpaired) electrons. The summed E-state index contributed by atoms with van der Waals surface area (Å²) in [6.45, 7) is 4.06. The fourth-order valence-corrected chi connectivity index (χ4v) is 2.17. The molecular weight excluding hydrogens is 244 g/mol. The fraction of sp³-hybridized carbons (Fsp3) is 0.429. The van der Waals surface area contributed by atoms with E-state index in [2.05, 4.69) is 16.0 Å². The Kier molecular flexibility index (Phi) is 4.16. The maximum atomic E-state index is 11.1. The second-order valence-electron chi connectivity index (χ2n) is 4.65. The lowest BCUT2D eigenvalue weighted by Gasteiger charge is -2.27. The van der Waals surface area contributed by atoms with E-state index in [1.165, 1.54) is 5.57 Å². The second kappa shape index (κ2) is 5.84. The number of rotatable bonds is 4. The van der Waals surface area contributed by atoms with Gasteiger partial charge in [-0.15, -0.1) is 0 Å². The van der Waals surface area contributed by atoms with Crippen molar-refractivity contribution in [2.24, 2.45) is 0 Å². The number of aromatic nitrogens is 1. The predicted octanol–water partition coefficient (Wildman–Crippen LogP) is 1.87. The largest absolute Gasteiger partial charge is 0.478 e. The molecule has 0 amide bonds. The number of aryl methyl sites for hydroxylation is 1. The molecule has 1 aliphatic rings. The third-order valence-electron chi connectivity index (χ3n) is 3.14. The van der Waals surface area contributed by atoms with Gasteiger partial charge in [-0.3, -0.25) is 0 Å². The molecule has 1 N–H and O–H groups in total. The van der Waals surface area contributed by atoms with Crippen LogP contribution in [-0.4, -0.2) is 42.9 Å². The van der Waals surface area contributed by atoms with E-state index in [9.17, 15) is 4.79 Å². The van der Waals surface area contributed by atoms with Gasteiger partial charge < -0.3 is 14.7 Å². The maximum Gasteiger partial charge on any atom is 0.335 e. The molecule has 102 valence electrons. The number of anilines is 1. The summed E-state index contributed by atoms with van der Waals surface area (Å²) in [5.41, 5.74) is 2.29. The third-order valence-corrected chi connectivity index (χ3v) is 3.14. The number of carbonyl (C=O) groups is 1. The molecule has 0 unspecified atom stereocenters. The van der Waals surface area contributed by atoms with E-state index in [4.69, 9.17) is 9.84 Å². The first-order valence-electron chi connectivity index (χ1n) is 6.24. The number of ether oxygens (including phenoxy) is 1. The Morgan fingerprint density at radius 3 is 2.89 bits per heavy atom. The van der Waals surface area contributed by atoms with E-state index < -0.39 is 5.97 Å². The standard InChI is InChI=1S/C14H18N2O3/c1-10-7-12(14(17)18)8-13(15-10)16-5-3-11(4-6-16)9-19-2/h3,7-8H,4-6,9H2,1-2H3,(H,17,18). The molecule has 0 fully saturated rings. The molecule has 0 atom stereocenters. The Bertz CT molecular complexity index is 511. The summed E-state index contributed by atoms with van der Waals surface area (Å²) in [5.74, 6) is -0.190. The summed E-state index contributed by atoms with van der Waals surface area (Å²) in [7, 11) is 1.69. The van der Waals surface area contributed by atoms with Crippen molar-refractivity contribution in [2.75, 3.05) is 31.7 Å². The molecule has 0 aliphatic carbocycles. The molecule has 0 saturated carbocycles. The van der Waals surface area contributed by atoms with Crippen molar-refractivity contribution in [3.8, 4) is 0 Å². The summed E-state index contributed by atoms with van der Waals surface area (Å²) >= 11 is 0. The molecule has 0 spiro atoms. The highest BCUT2D eigenvalue weighted by atomic mass is 16.5. The number of pyridine rings is 1. The van der Waals surface area contributed by atoms with Crippen LogP contribution in [0.3, 0.4) is 0 Å². The second-order valence-corrected chi connectivity index (χ2v) is 4.65. The first-order valence-corrected chi connectivity index (χ1v) is 6.24. The summed E-state index contributed by atoms with van der Waals surface area (Å²) in [6.07, 6.45) is 3.04. The SMILES string of the molecule is COCC1=CCN(c2cc(C(=O)O)cc(C)n2)CC1. The monoisotopic (exact) mass is 262 g/mol. The van der Waals surface area contributed by atoms with E-state index in [1.807, 2.05) is 6.92 Å². The van der Waals surface area contributed by atoms with Gasteiger partial charge in [0, 0.05) is 25.9 Å². The highest BCUT2D eigenvalue weighted by molar-refractivity contribution is 5.88. The summed E-state index contributed by atoms with van der Waals surface area (Å²) in [4.78, 5) is 17.5. The molecule has 0 aromatic carbocycles. The molecule has 2 rings (SSSR count). The number of carboxylic acids is 1. The van der Waals surface area contributed by atoms with Crippen molar-refractivity contribution in [3.05, 3.63) is 35.0 Å². The van der Waals surface area contributed by atoms with Crippen LogP contribution in [0.2, 0.25) is 0 Å². The van der Waals surface area contributed by atoms with Gasteiger partial charge in [0.15, 0.2) is 0 Å². The van der Waals surface area contributed by atoms with E-state index >= 15 is 0 Å². The van der Waals surface area contributed by atoms with Crippen molar-refractivity contribution in [1.29, 1.82) is 0 Å². The zero-order chi connectivity index (χ0) is 13.8. The fourth-order valence-electron chi connectivity index (χ4n) is 2.17. The van der Waals surface area contributed by atoms with Crippen LogP contribution in [0.5, 0.6) is 0 Å². The van der Waals surface area contributed by atoms with Gasteiger partial charge in [-0.05, 0) is 31.1 Å². The summed E-state index contributed by atoms with van der Waals surface area (Å²) in [5, 5.41) is 9.07. The smallest absolute Gasteiger partial charge is 0.335 e. The van der Waals surface area contributed by atoms with Crippen LogP contribution in [0, 0.1) is 6.92 Å². The molecule has 1 aromatic heterocycles. The van der Waals surface area contributed by atoms with Crippen LogP contribution >= 0.6 is 0 Å². The van der Waals surface area contributed by atoms with Gasteiger partial charge in [-0.1, -0.05) is 6.08 Å². The minimum Gasteiger partial charge on any atom is -0.478 e. The van der Waals surface area contributed by atoms with Gasteiger partial charge in [0.05, 0.1) is 12.2 Å². The van der Waals surface area contributed by atoms with Gasteiger partial charge >= 0.3 is 5.97 Å². The lowest BCUT2D eigenvalue weighted by Crippen LogP contribution is -2.30. The van der Waals surface area contributed by atoms with Gasteiger partial charge in [0.1, 0.15) is 5.82 Å². The molecule has 19 heavy (non-hydrogen) atoms. The Morgan fingerprint density at radius 1 is 1.53 bits per heavy atom. The van der Waals surface area contributed by atoms with Crippen molar-refractivity contribution >= 4 is 11.8 Å². The zero-order valence-corrected chi connectivity index (χ0v) is 11.2. The summed E-state index contributed by atoms with van der Waals surface area (Å²) < 4.78 is 5.11. The Hall–Kier alpha value is -1.88. The molecular formula is C14H18N2O3. The average Bonchev–Trinajstić information content (AvgIpc) is 2.39.